The molecule has 0 aromatic heterocycles. The number of hydrogen-bond acceptors (Lipinski definition) is 4. The van der Waals surface area contributed by atoms with Gasteiger partial charge in [-0.1, -0.05) is 67.8 Å². The van der Waals surface area contributed by atoms with Crippen molar-refractivity contribution >= 4 is 18.0 Å². The van der Waals surface area contributed by atoms with Crippen LogP contribution in [-0.2, 0) is 14.3 Å². The Morgan fingerprint density at radius 3 is 2.03 bits per heavy atom. The highest BCUT2D eigenvalue weighted by atomic mass is 16.5. The number of benzene rings is 2. The van der Waals surface area contributed by atoms with Crippen molar-refractivity contribution in [1.29, 1.82) is 0 Å². The third kappa shape index (κ3) is 4.04. The molecule has 2 saturated carbocycles. The monoisotopic (exact) mass is 462 g/mol. The maximum absolute atomic E-state index is 13.0. The van der Waals surface area contributed by atoms with Gasteiger partial charge in [-0.3, -0.25) is 4.79 Å². The maximum Gasteiger partial charge on any atom is 0.407 e. The first-order chi connectivity index (χ1) is 16.4. The van der Waals surface area contributed by atoms with Crippen molar-refractivity contribution in [1.82, 2.24) is 10.6 Å². The Balaban J connectivity index is 1.18. The van der Waals surface area contributed by atoms with Crippen molar-refractivity contribution in [2.75, 3.05) is 13.2 Å². The van der Waals surface area contributed by atoms with Gasteiger partial charge in [-0.05, 0) is 47.9 Å². The predicted molar refractivity (Wildman–Crippen MR) is 126 cm³/mol. The molecule has 0 aliphatic heterocycles. The van der Waals surface area contributed by atoms with Gasteiger partial charge in [-0.15, -0.1) is 0 Å². The molecule has 3 aliphatic carbocycles. The summed E-state index contributed by atoms with van der Waals surface area (Å²) in [5.74, 6) is -1.28. The third-order valence-corrected chi connectivity index (χ3v) is 7.72. The van der Waals surface area contributed by atoms with Crippen LogP contribution in [0.4, 0.5) is 4.79 Å². The number of carbonyl (C=O) groups excluding carboxylic acids is 2. The Bertz CT molecular complexity index is 1070. The molecule has 0 saturated heterocycles. The second kappa shape index (κ2) is 8.78. The summed E-state index contributed by atoms with van der Waals surface area (Å²) in [6.07, 6.45) is 4.14. The van der Waals surface area contributed by atoms with Crippen molar-refractivity contribution in [2.24, 2.45) is 5.41 Å². The van der Waals surface area contributed by atoms with E-state index in [1.54, 1.807) is 0 Å². The first kappa shape index (κ1) is 22.4. The number of ether oxygens (including phenoxy) is 1. The first-order valence-electron chi connectivity index (χ1n) is 12.1. The van der Waals surface area contributed by atoms with Gasteiger partial charge in [-0.2, -0.15) is 0 Å². The van der Waals surface area contributed by atoms with Crippen LogP contribution < -0.4 is 10.6 Å². The van der Waals surface area contributed by atoms with Crippen molar-refractivity contribution in [3.05, 3.63) is 59.7 Å². The lowest BCUT2D eigenvalue weighted by atomic mass is 9.81. The van der Waals surface area contributed by atoms with E-state index >= 15 is 0 Å². The highest BCUT2D eigenvalue weighted by Crippen LogP contribution is 2.47. The summed E-state index contributed by atoms with van der Waals surface area (Å²) in [6, 6.07) is 16.3. The number of amides is 2. The zero-order valence-corrected chi connectivity index (χ0v) is 19.1. The van der Waals surface area contributed by atoms with Gasteiger partial charge in [0.2, 0.25) is 5.91 Å². The van der Waals surface area contributed by atoms with E-state index in [1.807, 2.05) is 24.3 Å². The Labute approximate surface area is 198 Å². The zero-order valence-electron chi connectivity index (χ0n) is 19.1. The van der Waals surface area contributed by atoms with Gasteiger partial charge < -0.3 is 20.5 Å². The molecule has 0 bridgehead atoms. The van der Waals surface area contributed by atoms with E-state index in [-0.39, 0.29) is 25.0 Å². The molecule has 7 heteroatoms. The Hall–Kier alpha value is -3.35. The van der Waals surface area contributed by atoms with Crippen LogP contribution in [0.2, 0.25) is 0 Å². The SMILES string of the molecule is O=C(NCC1(C(=O)NC2(C(=O)O)CCCCC2)CC1)OCC1c2ccccc2-c2ccccc21. The van der Waals surface area contributed by atoms with Gasteiger partial charge in [-0.25, -0.2) is 9.59 Å². The van der Waals surface area contributed by atoms with Gasteiger partial charge in [0.05, 0.1) is 5.41 Å². The highest BCUT2D eigenvalue weighted by Gasteiger charge is 2.53. The molecule has 7 nitrogen and oxygen atoms in total. The quantitative estimate of drug-likeness (QED) is 0.572. The van der Waals surface area contributed by atoms with Gasteiger partial charge in [0.15, 0.2) is 0 Å². The maximum atomic E-state index is 13.0. The highest BCUT2D eigenvalue weighted by molar-refractivity contribution is 5.92. The fourth-order valence-corrected chi connectivity index (χ4v) is 5.42. The smallest absolute Gasteiger partial charge is 0.407 e. The molecule has 34 heavy (non-hydrogen) atoms. The number of carbonyl (C=O) groups is 3. The van der Waals surface area contributed by atoms with Gasteiger partial charge >= 0.3 is 12.1 Å². The number of alkyl carbamates (subject to hydrolysis) is 1. The number of hydrogen-bond donors (Lipinski definition) is 3. The lowest BCUT2D eigenvalue weighted by molar-refractivity contribution is -0.150. The Morgan fingerprint density at radius 1 is 0.882 bits per heavy atom. The molecule has 2 amide bonds. The molecule has 2 aromatic rings. The predicted octanol–water partition coefficient (Wildman–Crippen LogP) is 4.21. The summed E-state index contributed by atoms with van der Waals surface area (Å²) in [5, 5.41) is 15.3. The second-order valence-corrected chi connectivity index (χ2v) is 9.86. The number of rotatable bonds is 7. The fourth-order valence-electron chi connectivity index (χ4n) is 5.42. The molecule has 0 heterocycles. The van der Waals surface area contributed by atoms with Crippen LogP contribution in [-0.4, -0.2) is 41.8 Å². The molecule has 3 aliphatic rings. The Morgan fingerprint density at radius 2 is 1.47 bits per heavy atom. The summed E-state index contributed by atoms with van der Waals surface area (Å²) in [5.41, 5.74) is 2.67. The van der Waals surface area contributed by atoms with Crippen LogP contribution in [0.15, 0.2) is 48.5 Å². The largest absolute Gasteiger partial charge is 0.480 e. The molecular weight excluding hydrogens is 432 g/mol. The molecule has 0 radical (unpaired) electrons. The summed E-state index contributed by atoms with van der Waals surface area (Å²) >= 11 is 0. The normalized spacial score (nSPS) is 19.4. The number of fused-ring (bicyclic) bond motifs is 3. The number of nitrogens with one attached hydrogen (secondary N) is 2. The lowest BCUT2D eigenvalue weighted by Gasteiger charge is -2.35. The molecular formula is C27H30N2O5. The van der Waals surface area contributed by atoms with Gasteiger partial charge in [0.1, 0.15) is 12.1 Å². The summed E-state index contributed by atoms with van der Waals surface area (Å²) in [6.45, 7) is 0.354. The van der Waals surface area contributed by atoms with Gasteiger partial charge in [0, 0.05) is 12.5 Å². The van der Waals surface area contributed by atoms with E-state index in [2.05, 4.69) is 34.9 Å². The van der Waals surface area contributed by atoms with E-state index < -0.39 is 23.0 Å². The fraction of sp³-hybridized carbons (Fsp3) is 0.444. The molecule has 5 rings (SSSR count). The minimum atomic E-state index is -1.19. The van der Waals surface area contributed by atoms with Crippen molar-refractivity contribution < 1.29 is 24.2 Å². The minimum Gasteiger partial charge on any atom is -0.480 e. The molecule has 0 atom stereocenters. The number of carboxylic acids is 1. The second-order valence-electron chi connectivity index (χ2n) is 9.86. The summed E-state index contributed by atoms with van der Waals surface area (Å²) in [7, 11) is 0. The van der Waals surface area contributed by atoms with Crippen LogP contribution in [0.1, 0.15) is 62.0 Å². The number of aliphatic carboxylic acids is 1. The van der Waals surface area contributed by atoms with Crippen LogP contribution in [0.5, 0.6) is 0 Å². The summed E-state index contributed by atoms with van der Waals surface area (Å²) < 4.78 is 5.57. The van der Waals surface area contributed by atoms with Crippen LogP contribution >= 0.6 is 0 Å². The molecule has 2 aromatic carbocycles. The van der Waals surface area contributed by atoms with E-state index in [0.717, 1.165) is 41.5 Å². The van der Waals surface area contributed by atoms with Crippen molar-refractivity contribution in [3.8, 4) is 11.1 Å². The zero-order chi connectivity index (χ0) is 23.8. The summed E-state index contributed by atoms with van der Waals surface area (Å²) in [4.78, 5) is 37.4. The first-order valence-corrected chi connectivity index (χ1v) is 12.1. The van der Waals surface area contributed by atoms with Crippen LogP contribution in [0.25, 0.3) is 11.1 Å². The van der Waals surface area contributed by atoms with Crippen LogP contribution in [0, 0.1) is 5.41 Å². The van der Waals surface area contributed by atoms with Crippen molar-refractivity contribution in [3.63, 3.8) is 0 Å². The van der Waals surface area contributed by atoms with E-state index in [1.165, 1.54) is 0 Å². The van der Waals surface area contributed by atoms with E-state index in [0.29, 0.717) is 25.7 Å². The lowest BCUT2D eigenvalue weighted by Crippen LogP contribution is -2.58. The molecule has 2 fully saturated rings. The van der Waals surface area contributed by atoms with Gasteiger partial charge in [0.25, 0.3) is 0 Å². The van der Waals surface area contributed by atoms with E-state index in [9.17, 15) is 19.5 Å². The Kier molecular flexibility index (Phi) is 5.80. The molecule has 0 unspecified atom stereocenters. The number of carboxylic acid groups (broad SMARTS) is 1. The van der Waals surface area contributed by atoms with Crippen molar-refractivity contribution in [2.45, 2.75) is 56.4 Å². The molecule has 178 valence electrons. The standard InChI is InChI=1S/C27H30N2O5/c30-23(29-27(24(31)32)12-6-1-7-13-27)26(14-15-26)17-28-25(33)34-16-22-20-10-4-2-8-18(20)19-9-3-5-11-21(19)22/h2-5,8-11,22H,1,6-7,12-17H2,(H,28,33)(H,29,30)(H,31,32). The topological polar surface area (TPSA) is 105 Å². The molecule has 0 spiro atoms. The minimum absolute atomic E-state index is 0.0296. The average molecular weight is 463 g/mol. The van der Waals surface area contributed by atoms with E-state index in [4.69, 9.17) is 4.74 Å². The third-order valence-electron chi connectivity index (χ3n) is 7.72. The average Bonchev–Trinajstić information content (AvgIpc) is 3.59. The molecule has 3 N–H and O–H groups in total. The van der Waals surface area contributed by atoms with Crippen LogP contribution in [0.3, 0.4) is 0 Å².